The largest absolute Gasteiger partial charge is 0.337 e. The Labute approximate surface area is 174 Å². The van der Waals surface area contributed by atoms with E-state index in [9.17, 15) is 13.2 Å². The Morgan fingerprint density at radius 2 is 1.79 bits per heavy atom. The summed E-state index contributed by atoms with van der Waals surface area (Å²) < 4.78 is 27.5. The Balaban J connectivity index is 1.53. The molecule has 1 amide bonds. The van der Waals surface area contributed by atoms with E-state index in [4.69, 9.17) is 11.6 Å². The van der Waals surface area contributed by atoms with Gasteiger partial charge in [-0.05, 0) is 49.7 Å². The van der Waals surface area contributed by atoms with Crippen molar-refractivity contribution in [1.82, 2.24) is 14.7 Å². The van der Waals surface area contributed by atoms with Crippen LogP contribution < -0.4 is 0 Å². The molecule has 0 saturated carbocycles. The monoisotopic (exact) mass is 429 g/mol. The van der Waals surface area contributed by atoms with Crippen molar-refractivity contribution in [1.29, 1.82) is 0 Å². The van der Waals surface area contributed by atoms with Crippen LogP contribution >= 0.6 is 11.6 Å². The summed E-state index contributed by atoms with van der Waals surface area (Å²) in [6, 6.07) is 15.7. The molecule has 2 heterocycles. The van der Waals surface area contributed by atoms with E-state index in [1.54, 1.807) is 27.9 Å². The Kier molecular flexibility index (Phi) is 5.19. The normalized spacial score (nSPS) is 16.9. The van der Waals surface area contributed by atoms with Gasteiger partial charge in [0.05, 0.1) is 33.3 Å². The molecule has 1 atom stereocenters. The fourth-order valence-electron chi connectivity index (χ4n) is 3.60. The molecule has 150 valence electrons. The van der Waals surface area contributed by atoms with Crippen molar-refractivity contribution < 1.29 is 13.2 Å². The number of hydrogen-bond donors (Lipinski definition) is 0. The number of sulfone groups is 1. The third-order valence-electron chi connectivity index (χ3n) is 5.25. The van der Waals surface area contributed by atoms with Crippen LogP contribution in [0.5, 0.6) is 0 Å². The van der Waals surface area contributed by atoms with Crippen LogP contribution in [0.3, 0.4) is 0 Å². The maximum atomic E-state index is 13.0. The van der Waals surface area contributed by atoms with Crippen molar-refractivity contribution in [3.63, 3.8) is 0 Å². The summed E-state index contributed by atoms with van der Waals surface area (Å²) in [5, 5.41) is 4.20. The van der Waals surface area contributed by atoms with Gasteiger partial charge in [-0.1, -0.05) is 29.8 Å². The van der Waals surface area contributed by atoms with Crippen LogP contribution in [0.1, 0.15) is 22.5 Å². The van der Waals surface area contributed by atoms with E-state index in [0.29, 0.717) is 23.6 Å². The lowest BCUT2D eigenvalue weighted by Gasteiger charge is -2.17. The summed E-state index contributed by atoms with van der Waals surface area (Å²) in [5.74, 6) is -0.196. The second-order valence-corrected chi connectivity index (χ2v) is 9.72. The van der Waals surface area contributed by atoms with Crippen LogP contribution in [0.2, 0.25) is 5.02 Å². The number of likely N-dealkylation sites (tertiary alicyclic amines) is 1. The number of aromatic nitrogens is 2. The highest BCUT2D eigenvalue weighted by Gasteiger charge is 2.37. The minimum Gasteiger partial charge on any atom is -0.337 e. The molecule has 1 aliphatic heterocycles. The van der Waals surface area contributed by atoms with E-state index in [1.165, 1.54) is 12.1 Å². The molecular weight excluding hydrogens is 410 g/mol. The van der Waals surface area contributed by atoms with Crippen molar-refractivity contribution >= 4 is 27.3 Å². The smallest absolute Gasteiger partial charge is 0.257 e. The van der Waals surface area contributed by atoms with Gasteiger partial charge in [0, 0.05) is 18.1 Å². The first-order valence-electron chi connectivity index (χ1n) is 9.26. The third kappa shape index (κ3) is 3.68. The minimum absolute atomic E-state index is 0.166. The van der Waals surface area contributed by atoms with E-state index in [-0.39, 0.29) is 17.3 Å². The lowest BCUT2D eigenvalue weighted by Crippen LogP contribution is -2.32. The summed E-state index contributed by atoms with van der Waals surface area (Å²) in [4.78, 5) is 14.9. The highest BCUT2D eigenvalue weighted by molar-refractivity contribution is 7.92. The van der Waals surface area contributed by atoms with Crippen molar-refractivity contribution in [3.05, 3.63) is 77.1 Å². The molecule has 6 nitrogen and oxygen atoms in total. The molecule has 29 heavy (non-hydrogen) atoms. The first-order valence-corrected chi connectivity index (χ1v) is 11.2. The fraction of sp³-hybridized carbons (Fsp3) is 0.238. The van der Waals surface area contributed by atoms with Gasteiger partial charge >= 0.3 is 0 Å². The maximum Gasteiger partial charge on any atom is 0.257 e. The predicted octanol–water partition coefficient (Wildman–Crippen LogP) is 3.52. The highest BCUT2D eigenvalue weighted by Crippen LogP contribution is 2.26. The van der Waals surface area contributed by atoms with Gasteiger partial charge in [0.1, 0.15) is 0 Å². The number of amides is 1. The molecule has 1 aliphatic rings. The topological polar surface area (TPSA) is 72.3 Å². The fourth-order valence-corrected chi connectivity index (χ4v) is 5.42. The number of halogens is 1. The Hall–Kier alpha value is -2.64. The molecule has 0 aliphatic carbocycles. The summed E-state index contributed by atoms with van der Waals surface area (Å²) in [6.45, 7) is 2.40. The maximum absolute atomic E-state index is 13.0. The van der Waals surface area contributed by atoms with Gasteiger partial charge in [0.25, 0.3) is 5.91 Å². The molecule has 1 saturated heterocycles. The van der Waals surface area contributed by atoms with E-state index < -0.39 is 15.1 Å². The molecule has 3 aromatic rings. The summed E-state index contributed by atoms with van der Waals surface area (Å²) in [7, 11) is -3.53. The molecule has 4 rings (SSSR count). The Morgan fingerprint density at radius 1 is 1.10 bits per heavy atom. The van der Waals surface area contributed by atoms with Gasteiger partial charge in [0.15, 0.2) is 9.84 Å². The second-order valence-electron chi connectivity index (χ2n) is 7.05. The first-order chi connectivity index (χ1) is 13.9. The zero-order valence-corrected chi connectivity index (χ0v) is 17.4. The molecule has 1 fully saturated rings. The van der Waals surface area contributed by atoms with E-state index >= 15 is 0 Å². The van der Waals surface area contributed by atoms with Crippen LogP contribution in [0.15, 0.2) is 65.7 Å². The molecule has 0 bridgehead atoms. The van der Waals surface area contributed by atoms with Crippen LogP contribution in [0.25, 0.3) is 5.69 Å². The molecule has 8 heteroatoms. The number of rotatable bonds is 4. The van der Waals surface area contributed by atoms with Crippen molar-refractivity contribution in [2.24, 2.45) is 0 Å². The van der Waals surface area contributed by atoms with Gasteiger partial charge in [-0.15, -0.1) is 0 Å². The van der Waals surface area contributed by atoms with Crippen LogP contribution in [0, 0.1) is 6.92 Å². The average molecular weight is 430 g/mol. The quantitative estimate of drug-likeness (QED) is 0.636. The standard InChI is InChI=1S/C21H20ClN3O3S/c1-15-20(13-23-25(15)17-5-3-2-4-6-17)21(26)24-12-11-19(14-24)29(27,28)18-9-7-16(22)8-10-18/h2-10,13,19H,11-12,14H2,1H3/t19-/m0/s1. The lowest BCUT2D eigenvalue weighted by atomic mass is 10.2. The molecule has 0 spiro atoms. The van der Waals surface area contributed by atoms with Gasteiger partial charge in [-0.2, -0.15) is 5.10 Å². The zero-order valence-electron chi connectivity index (χ0n) is 15.8. The number of para-hydroxylation sites is 1. The van der Waals surface area contributed by atoms with Crippen molar-refractivity contribution in [2.75, 3.05) is 13.1 Å². The summed E-state index contributed by atoms with van der Waals surface area (Å²) in [5.41, 5.74) is 2.08. The van der Waals surface area contributed by atoms with Gasteiger partial charge < -0.3 is 4.90 Å². The van der Waals surface area contributed by atoms with E-state index in [1.807, 2.05) is 37.3 Å². The summed E-state index contributed by atoms with van der Waals surface area (Å²) in [6.07, 6.45) is 1.95. The minimum atomic E-state index is -3.53. The van der Waals surface area contributed by atoms with Gasteiger partial charge in [0.2, 0.25) is 0 Å². The van der Waals surface area contributed by atoms with E-state index in [2.05, 4.69) is 5.10 Å². The Bertz CT molecular complexity index is 1140. The van der Waals surface area contributed by atoms with Gasteiger partial charge in [-0.25, -0.2) is 13.1 Å². The zero-order chi connectivity index (χ0) is 20.6. The molecule has 0 radical (unpaired) electrons. The molecular formula is C21H20ClN3O3S. The highest BCUT2D eigenvalue weighted by atomic mass is 35.5. The average Bonchev–Trinajstić information content (AvgIpc) is 3.36. The van der Waals surface area contributed by atoms with Gasteiger partial charge in [-0.3, -0.25) is 4.79 Å². The third-order valence-corrected chi connectivity index (χ3v) is 7.70. The molecule has 2 aromatic carbocycles. The van der Waals surface area contributed by atoms with Crippen molar-refractivity contribution in [3.8, 4) is 5.69 Å². The second kappa shape index (κ2) is 7.65. The summed E-state index contributed by atoms with van der Waals surface area (Å²) >= 11 is 5.86. The molecule has 0 unspecified atom stereocenters. The van der Waals surface area contributed by atoms with Crippen LogP contribution in [-0.2, 0) is 9.84 Å². The molecule has 0 N–H and O–H groups in total. The van der Waals surface area contributed by atoms with E-state index in [0.717, 1.165) is 11.4 Å². The number of carbonyl (C=O) groups is 1. The number of hydrogen-bond acceptors (Lipinski definition) is 4. The van der Waals surface area contributed by atoms with Crippen molar-refractivity contribution in [2.45, 2.75) is 23.5 Å². The van der Waals surface area contributed by atoms with Crippen LogP contribution in [0.4, 0.5) is 0 Å². The molecule has 1 aromatic heterocycles. The number of nitrogens with zero attached hydrogens (tertiary/aromatic N) is 3. The lowest BCUT2D eigenvalue weighted by molar-refractivity contribution is 0.0792. The van der Waals surface area contributed by atoms with Crippen LogP contribution in [-0.4, -0.2) is 47.3 Å². The number of benzene rings is 2. The number of carbonyl (C=O) groups excluding carboxylic acids is 1. The predicted molar refractivity (Wildman–Crippen MR) is 111 cm³/mol. The first kappa shape index (κ1) is 19.7. The SMILES string of the molecule is Cc1c(C(=O)N2CC[C@H](S(=O)(=O)c3ccc(Cl)cc3)C2)cnn1-c1ccccc1. The Morgan fingerprint density at radius 3 is 2.48 bits per heavy atom.